The maximum Gasteiger partial charge on any atom is 0.222 e. The zero-order valence-corrected chi connectivity index (χ0v) is 8.81. The van der Waals surface area contributed by atoms with Crippen molar-refractivity contribution in [2.24, 2.45) is 0 Å². The first kappa shape index (κ1) is 12.2. The van der Waals surface area contributed by atoms with Gasteiger partial charge in [-0.05, 0) is 0 Å². The summed E-state index contributed by atoms with van der Waals surface area (Å²) in [5.74, 6) is 3.13. The fraction of sp³-hybridized carbons (Fsp3) is 0.400. The van der Waals surface area contributed by atoms with E-state index < -0.39 is 0 Å². The van der Waals surface area contributed by atoms with E-state index in [1.54, 1.807) is 0 Å². The van der Waals surface area contributed by atoms with Crippen molar-refractivity contribution in [3.05, 3.63) is 11.8 Å². The van der Waals surface area contributed by atoms with E-state index in [4.69, 9.17) is 22.0 Å². The van der Waals surface area contributed by atoms with Crippen LogP contribution < -0.4 is 11.1 Å². The molecule has 1 heterocycles. The largest absolute Gasteiger partial charge is 0.394 e. The van der Waals surface area contributed by atoms with Crippen molar-refractivity contribution in [1.29, 1.82) is 0 Å². The van der Waals surface area contributed by atoms with Crippen LogP contribution in [0.3, 0.4) is 0 Å². The van der Waals surface area contributed by atoms with Crippen molar-refractivity contribution in [2.75, 3.05) is 37.4 Å². The van der Waals surface area contributed by atoms with Gasteiger partial charge in [-0.3, -0.25) is 0 Å². The predicted molar refractivity (Wildman–Crippen MR) is 60.8 cm³/mol. The summed E-state index contributed by atoms with van der Waals surface area (Å²) in [7, 11) is 0. The zero-order valence-electron chi connectivity index (χ0n) is 8.81. The van der Waals surface area contributed by atoms with Gasteiger partial charge in [0.2, 0.25) is 5.95 Å². The number of nitrogens with two attached hydrogens (primary N) is 1. The van der Waals surface area contributed by atoms with E-state index in [0.29, 0.717) is 31.1 Å². The molecule has 16 heavy (non-hydrogen) atoms. The summed E-state index contributed by atoms with van der Waals surface area (Å²) in [6.07, 6.45) is 6.76. The Balaban J connectivity index is 2.46. The molecule has 0 bridgehead atoms. The predicted octanol–water partition coefficient (Wildman–Crippen LogP) is -0.539. The molecule has 0 amide bonds. The molecule has 0 aromatic carbocycles. The third-order valence-electron chi connectivity index (χ3n) is 1.74. The molecule has 0 aliphatic heterocycles. The number of aliphatic hydroxyl groups is 1. The number of aromatic nitrogens is 2. The normalized spacial score (nSPS) is 9.75. The van der Waals surface area contributed by atoms with E-state index in [2.05, 4.69) is 21.2 Å². The van der Waals surface area contributed by atoms with Gasteiger partial charge in [0, 0.05) is 6.54 Å². The highest BCUT2D eigenvalue weighted by atomic mass is 16.5. The number of aliphatic hydroxyl groups excluding tert-OH is 1. The van der Waals surface area contributed by atoms with Crippen LogP contribution in [0.4, 0.5) is 11.8 Å². The molecule has 1 aromatic rings. The number of rotatable bonds is 6. The molecule has 86 valence electrons. The van der Waals surface area contributed by atoms with E-state index in [1.807, 2.05) is 0 Å². The highest BCUT2D eigenvalue weighted by molar-refractivity contribution is 5.53. The lowest BCUT2D eigenvalue weighted by molar-refractivity contribution is 0.0992. The first-order chi connectivity index (χ1) is 7.77. The molecule has 1 aromatic heterocycles. The van der Waals surface area contributed by atoms with Crippen LogP contribution in [0.1, 0.15) is 5.56 Å². The summed E-state index contributed by atoms with van der Waals surface area (Å²) >= 11 is 0. The van der Waals surface area contributed by atoms with Gasteiger partial charge in [0.1, 0.15) is 5.82 Å². The van der Waals surface area contributed by atoms with Crippen LogP contribution in [0.5, 0.6) is 0 Å². The summed E-state index contributed by atoms with van der Waals surface area (Å²) in [5.41, 5.74) is 5.99. The van der Waals surface area contributed by atoms with Crippen molar-refractivity contribution < 1.29 is 9.84 Å². The lowest BCUT2D eigenvalue weighted by atomic mass is 10.3. The highest BCUT2D eigenvalue weighted by Crippen LogP contribution is 2.10. The summed E-state index contributed by atoms with van der Waals surface area (Å²) < 4.78 is 5.07. The van der Waals surface area contributed by atoms with Gasteiger partial charge in [0.05, 0.1) is 31.6 Å². The number of terminal acetylenes is 1. The second kappa shape index (κ2) is 6.61. The lowest BCUT2D eigenvalue weighted by Crippen LogP contribution is -2.13. The first-order valence-corrected chi connectivity index (χ1v) is 4.79. The number of hydrogen-bond donors (Lipinski definition) is 3. The zero-order chi connectivity index (χ0) is 11.8. The monoisotopic (exact) mass is 222 g/mol. The highest BCUT2D eigenvalue weighted by Gasteiger charge is 2.02. The molecule has 0 fully saturated rings. The van der Waals surface area contributed by atoms with Crippen molar-refractivity contribution >= 4 is 11.8 Å². The average molecular weight is 222 g/mol. The summed E-state index contributed by atoms with van der Waals surface area (Å²) in [6.45, 7) is 1.31. The Morgan fingerprint density at radius 3 is 3.06 bits per heavy atom. The first-order valence-electron chi connectivity index (χ1n) is 4.79. The molecule has 6 heteroatoms. The van der Waals surface area contributed by atoms with Crippen LogP contribution in [0.15, 0.2) is 6.20 Å². The fourth-order valence-electron chi connectivity index (χ4n) is 1.04. The van der Waals surface area contributed by atoms with Gasteiger partial charge >= 0.3 is 0 Å². The van der Waals surface area contributed by atoms with Crippen molar-refractivity contribution in [2.45, 2.75) is 0 Å². The fourth-order valence-corrected chi connectivity index (χ4v) is 1.04. The van der Waals surface area contributed by atoms with E-state index >= 15 is 0 Å². The lowest BCUT2D eigenvalue weighted by Gasteiger charge is -2.07. The van der Waals surface area contributed by atoms with Crippen LogP contribution >= 0.6 is 0 Å². The van der Waals surface area contributed by atoms with E-state index in [0.717, 1.165) is 0 Å². The number of nitrogens with one attached hydrogen (secondary N) is 1. The molecule has 4 N–H and O–H groups in total. The molecule has 0 spiro atoms. The number of anilines is 2. The number of nitrogens with zero attached hydrogens (tertiary/aromatic N) is 2. The third kappa shape index (κ3) is 3.73. The van der Waals surface area contributed by atoms with Crippen molar-refractivity contribution in [3.63, 3.8) is 0 Å². The molecule has 0 aliphatic rings. The molecule has 0 saturated carbocycles. The molecule has 0 atom stereocenters. The van der Waals surface area contributed by atoms with Crippen LogP contribution in [-0.4, -0.2) is 41.4 Å². The summed E-state index contributed by atoms with van der Waals surface area (Å²) in [6, 6.07) is 0. The Bertz CT molecular complexity index is 376. The Kier molecular flexibility index (Phi) is 5.05. The van der Waals surface area contributed by atoms with Crippen LogP contribution in [0, 0.1) is 12.3 Å². The molecular weight excluding hydrogens is 208 g/mol. The number of nitrogen functional groups attached to an aromatic ring is 1. The van der Waals surface area contributed by atoms with Gasteiger partial charge < -0.3 is 20.9 Å². The number of hydrogen-bond acceptors (Lipinski definition) is 6. The Labute approximate surface area is 93.9 Å². The molecule has 6 nitrogen and oxygen atoms in total. The molecule has 0 aliphatic carbocycles. The van der Waals surface area contributed by atoms with E-state index in [9.17, 15) is 0 Å². The van der Waals surface area contributed by atoms with Gasteiger partial charge in [0.15, 0.2) is 0 Å². The van der Waals surface area contributed by atoms with E-state index in [-0.39, 0.29) is 12.6 Å². The molecule has 0 unspecified atom stereocenters. The minimum atomic E-state index is 0.00998. The van der Waals surface area contributed by atoms with Gasteiger partial charge in [-0.15, -0.1) is 6.42 Å². The molecule has 1 rings (SSSR count). The molecule has 0 radical (unpaired) electrons. The second-order valence-electron chi connectivity index (χ2n) is 2.90. The minimum absolute atomic E-state index is 0.00998. The topological polar surface area (TPSA) is 93.3 Å². The Morgan fingerprint density at radius 1 is 1.56 bits per heavy atom. The molecular formula is C10H14N4O2. The van der Waals surface area contributed by atoms with Gasteiger partial charge in [-0.2, -0.15) is 4.98 Å². The Hall–Kier alpha value is -1.84. The average Bonchev–Trinajstić information content (AvgIpc) is 2.29. The van der Waals surface area contributed by atoms with E-state index in [1.165, 1.54) is 6.20 Å². The minimum Gasteiger partial charge on any atom is -0.394 e. The standard InChI is InChI=1S/C10H14N4O2/c1-2-8-7-13-10(11)14-9(8)12-3-5-16-6-4-15/h1,7,15H,3-6H2,(H3,11,12,13,14). The number of ether oxygens (including phenoxy) is 1. The smallest absolute Gasteiger partial charge is 0.222 e. The molecule has 0 saturated heterocycles. The summed E-state index contributed by atoms with van der Waals surface area (Å²) in [5, 5.41) is 11.5. The van der Waals surface area contributed by atoms with Crippen LogP contribution in [-0.2, 0) is 4.74 Å². The maximum atomic E-state index is 8.49. The van der Waals surface area contributed by atoms with Gasteiger partial charge in [0.25, 0.3) is 0 Å². The Morgan fingerprint density at radius 2 is 2.38 bits per heavy atom. The quantitative estimate of drug-likeness (QED) is 0.442. The van der Waals surface area contributed by atoms with Crippen LogP contribution in [0.25, 0.3) is 0 Å². The third-order valence-corrected chi connectivity index (χ3v) is 1.74. The van der Waals surface area contributed by atoms with Gasteiger partial charge in [-0.1, -0.05) is 5.92 Å². The SMILES string of the molecule is C#Cc1cnc(N)nc1NCCOCCO. The van der Waals surface area contributed by atoms with Gasteiger partial charge in [-0.25, -0.2) is 4.98 Å². The summed E-state index contributed by atoms with van der Waals surface area (Å²) in [4.78, 5) is 7.76. The maximum absolute atomic E-state index is 8.49. The van der Waals surface area contributed by atoms with Crippen LogP contribution in [0.2, 0.25) is 0 Å². The second-order valence-corrected chi connectivity index (χ2v) is 2.90. The van der Waals surface area contributed by atoms with Crippen molar-refractivity contribution in [3.8, 4) is 12.3 Å². The van der Waals surface area contributed by atoms with Crippen molar-refractivity contribution in [1.82, 2.24) is 9.97 Å².